The Hall–Kier alpha value is -2.13. The number of rotatable bonds is 2. The largest absolute Gasteiger partial charge is 0.451 e. The highest BCUT2D eigenvalue weighted by Crippen LogP contribution is 2.35. The number of hydrogen-bond donors (Lipinski definition) is 2. The summed E-state index contributed by atoms with van der Waals surface area (Å²) in [6.07, 6.45) is -4.66. The molecular weight excluding hydrogens is 341 g/mol. The van der Waals surface area contributed by atoms with Crippen LogP contribution in [0.2, 0.25) is 5.02 Å². The topological polar surface area (TPSA) is 70.7 Å². The van der Waals surface area contributed by atoms with Crippen molar-refractivity contribution < 1.29 is 18.0 Å². The van der Waals surface area contributed by atoms with Gasteiger partial charge in [-0.25, -0.2) is 0 Å². The molecule has 2 heterocycles. The average Bonchev–Trinajstić information content (AvgIpc) is 3.04. The number of anilines is 1. The first-order valence-electron chi connectivity index (χ1n) is 5.84. The van der Waals surface area contributed by atoms with E-state index in [-0.39, 0.29) is 9.90 Å². The number of halogens is 4. The van der Waals surface area contributed by atoms with Gasteiger partial charge in [0.05, 0.1) is 5.02 Å². The second-order valence-corrected chi connectivity index (χ2v) is 5.63. The van der Waals surface area contributed by atoms with E-state index in [1.807, 2.05) is 0 Å². The number of H-pyrrole nitrogens is 1. The van der Waals surface area contributed by atoms with E-state index >= 15 is 0 Å². The van der Waals surface area contributed by atoms with E-state index in [4.69, 9.17) is 11.6 Å². The summed E-state index contributed by atoms with van der Waals surface area (Å²) in [6.45, 7) is 0. The lowest BCUT2D eigenvalue weighted by Gasteiger charge is -1.99. The van der Waals surface area contributed by atoms with Gasteiger partial charge in [-0.05, 0) is 6.07 Å². The van der Waals surface area contributed by atoms with E-state index in [9.17, 15) is 18.0 Å². The number of hydrogen-bond acceptors (Lipinski definition) is 4. The molecule has 0 fully saturated rings. The van der Waals surface area contributed by atoms with Crippen molar-refractivity contribution in [2.75, 3.05) is 5.32 Å². The minimum Gasteiger partial charge on any atom is -0.288 e. The van der Waals surface area contributed by atoms with Crippen LogP contribution >= 0.6 is 22.9 Å². The summed E-state index contributed by atoms with van der Waals surface area (Å²) < 4.78 is 38.0. The standard InChI is InChI=1S/C12H6ClF3N4OS/c13-7-5-3-1-2-4-6(5)22-8(7)9(21)17-11-18-10(19-20-11)12(14,15)16/h1-4H,(H2,17,18,19,20,21). The summed E-state index contributed by atoms with van der Waals surface area (Å²) in [7, 11) is 0. The van der Waals surface area contributed by atoms with Crippen LogP contribution in [0.25, 0.3) is 10.1 Å². The molecule has 3 aromatic rings. The van der Waals surface area contributed by atoms with E-state index in [2.05, 4.69) is 15.4 Å². The van der Waals surface area contributed by atoms with Crippen LogP contribution in [-0.4, -0.2) is 21.1 Å². The number of nitrogens with one attached hydrogen (secondary N) is 2. The third-order valence-corrected chi connectivity index (χ3v) is 4.39. The molecule has 0 saturated heterocycles. The Morgan fingerprint density at radius 1 is 1.32 bits per heavy atom. The molecule has 0 aliphatic heterocycles. The smallest absolute Gasteiger partial charge is 0.288 e. The van der Waals surface area contributed by atoms with Gasteiger partial charge in [-0.3, -0.25) is 15.2 Å². The molecule has 0 unspecified atom stereocenters. The molecule has 0 aliphatic rings. The molecule has 22 heavy (non-hydrogen) atoms. The molecule has 0 aliphatic carbocycles. The van der Waals surface area contributed by atoms with Gasteiger partial charge in [0.1, 0.15) is 4.88 Å². The number of amides is 1. The zero-order chi connectivity index (χ0) is 15.9. The minimum absolute atomic E-state index is 0.182. The maximum Gasteiger partial charge on any atom is 0.451 e. The normalized spacial score (nSPS) is 11.8. The van der Waals surface area contributed by atoms with Gasteiger partial charge in [-0.15, -0.1) is 16.4 Å². The second kappa shape index (κ2) is 5.25. The van der Waals surface area contributed by atoms with Crippen molar-refractivity contribution >= 4 is 44.9 Å². The zero-order valence-electron chi connectivity index (χ0n) is 10.5. The highest BCUT2D eigenvalue weighted by atomic mass is 35.5. The summed E-state index contributed by atoms with van der Waals surface area (Å²) in [5.41, 5.74) is 0. The Kier molecular flexibility index (Phi) is 3.53. The summed E-state index contributed by atoms with van der Waals surface area (Å²) in [4.78, 5) is 15.5. The molecule has 0 saturated carbocycles. The second-order valence-electron chi connectivity index (χ2n) is 4.20. The fourth-order valence-corrected chi connectivity index (χ4v) is 3.18. The first-order valence-corrected chi connectivity index (χ1v) is 7.03. The van der Waals surface area contributed by atoms with Crippen LogP contribution in [0.3, 0.4) is 0 Å². The first kappa shape index (κ1) is 14.8. The van der Waals surface area contributed by atoms with Crippen molar-refractivity contribution in [1.82, 2.24) is 15.2 Å². The number of alkyl halides is 3. The number of carbonyl (C=O) groups excluding carboxylic acids is 1. The molecule has 2 aromatic heterocycles. The molecule has 3 rings (SSSR count). The lowest BCUT2D eigenvalue weighted by atomic mass is 10.2. The van der Waals surface area contributed by atoms with Crippen LogP contribution in [-0.2, 0) is 6.18 Å². The fraction of sp³-hybridized carbons (Fsp3) is 0.0833. The van der Waals surface area contributed by atoms with Gasteiger partial charge in [0.25, 0.3) is 5.91 Å². The summed E-state index contributed by atoms with van der Waals surface area (Å²) in [5.74, 6) is -2.42. The van der Waals surface area contributed by atoms with Gasteiger partial charge in [0.15, 0.2) is 0 Å². The highest BCUT2D eigenvalue weighted by molar-refractivity contribution is 7.21. The summed E-state index contributed by atoms with van der Waals surface area (Å²) >= 11 is 7.25. The fourth-order valence-electron chi connectivity index (χ4n) is 1.76. The maximum absolute atomic E-state index is 12.4. The molecule has 114 valence electrons. The quantitative estimate of drug-likeness (QED) is 0.738. The molecule has 10 heteroatoms. The predicted octanol–water partition coefficient (Wildman–Crippen LogP) is 3.94. The molecule has 0 spiro atoms. The van der Waals surface area contributed by atoms with Crippen LogP contribution in [0.4, 0.5) is 19.1 Å². The number of fused-ring (bicyclic) bond motifs is 1. The number of aromatic nitrogens is 3. The van der Waals surface area contributed by atoms with Crippen molar-refractivity contribution in [2.24, 2.45) is 0 Å². The van der Waals surface area contributed by atoms with Gasteiger partial charge in [0, 0.05) is 10.1 Å². The predicted molar refractivity (Wildman–Crippen MR) is 76.2 cm³/mol. The number of carbonyl (C=O) groups is 1. The molecule has 5 nitrogen and oxygen atoms in total. The number of nitrogens with zero attached hydrogens (tertiary/aromatic N) is 2. The minimum atomic E-state index is -4.66. The average molecular weight is 347 g/mol. The molecule has 2 N–H and O–H groups in total. The molecule has 0 radical (unpaired) electrons. The lowest BCUT2D eigenvalue weighted by molar-refractivity contribution is -0.144. The van der Waals surface area contributed by atoms with Crippen molar-refractivity contribution in [3.8, 4) is 0 Å². The van der Waals surface area contributed by atoms with E-state index < -0.39 is 23.9 Å². The number of thiophene rings is 1. The molecule has 1 aromatic carbocycles. The summed E-state index contributed by atoms with van der Waals surface area (Å²) in [5, 5.41) is 8.14. The lowest BCUT2D eigenvalue weighted by Crippen LogP contribution is -2.12. The number of benzene rings is 1. The monoisotopic (exact) mass is 346 g/mol. The number of aromatic amines is 1. The van der Waals surface area contributed by atoms with Crippen LogP contribution in [0.15, 0.2) is 24.3 Å². The Labute approximate surface area is 130 Å². The van der Waals surface area contributed by atoms with E-state index in [0.29, 0.717) is 5.39 Å². The van der Waals surface area contributed by atoms with Gasteiger partial charge >= 0.3 is 6.18 Å². The van der Waals surface area contributed by atoms with Crippen LogP contribution in [0.5, 0.6) is 0 Å². The van der Waals surface area contributed by atoms with E-state index in [1.165, 1.54) is 0 Å². The third kappa shape index (κ3) is 2.64. The van der Waals surface area contributed by atoms with Gasteiger partial charge in [-0.1, -0.05) is 29.8 Å². The molecule has 1 amide bonds. The van der Waals surface area contributed by atoms with Crippen LogP contribution in [0, 0.1) is 0 Å². The van der Waals surface area contributed by atoms with Crippen molar-refractivity contribution in [3.05, 3.63) is 40.0 Å². The first-order chi connectivity index (χ1) is 10.4. The Bertz CT molecular complexity index is 858. The van der Waals surface area contributed by atoms with Crippen molar-refractivity contribution in [1.29, 1.82) is 0 Å². The zero-order valence-corrected chi connectivity index (χ0v) is 12.1. The van der Waals surface area contributed by atoms with Crippen LogP contribution < -0.4 is 5.32 Å². The molecule has 0 atom stereocenters. The van der Waals surface area contributed by atoms with Gasteiger partial charge < -0.3 is 0 Å². The Balaban J connectivity index is 1.87. The molecule has 0 bridgehead atoms. The SMILES string of the molecule is O=C(Nc1n[nH]c(C(F)(F)F)n1)c1sc2ccccc2c1Cl. The third-order valence-electron chi connectivity index (χ3n) is 2.72. The summed E-state index contributed by atoms with van der Waals surface area (Å²) in [6, 6.07) is 7.10. The van der Waals surface area contributed by atoms with Gasteiger partial charge in [0.2, 0.25) is 11.8 Å². The highest BCUT2D eigenvalue weighted by Gasteiger charge is 2.35. The molecular formula is C12H6ClF3N4OS. The Morgan fingerprint density at radius 3 is 2.68 bits per heavy atom. The maximum atomic E-state index is 12.4. The van der Waals surface area contributed by atoms with E-state index in [1.54, 1.807) is 29.4 Å². The Morgan fingerprint density at radius 2 is 2.05 bits per heavy atom. The van der Waals surface area contributed by atoms with Crippen LogP contribution in [0.1, 0.15) is 15.5 Å². The van der Waals surface area contributed by atoms with Crippen molar-refractivity contribution in [2.45, 2.75) is 6.18 Å². The van der Waals surface area contributed by atoms with E-state index in [0.717, 1.165) is 16.0 Å². The van der Waals surface area contributed by atoms with Crippen molar-refractivity contribution in [3.63, 3.8) is 0 Å². The van der Waals surface area contributed by atoms with Gasteiger partial charge in [-0.2, -0.15) is 18.2 Å².